The molecule has 4 aromatic carbocycles. The monoisotopic (exact) mass is 494 g/mol. The Labute approximate surface area is 215 Å². The van der Waals surface area contributed by atoms with Crippen molar-refractivity contribution in [2.24, 2.45) is 5.10 Å². The molecule has 0 radical (unpaired) electrons. The van der Waals surface area contributed by atoms with E-state index in [-0.39, 0.29) is 5.91 Å². The molecule has 7 nitrogen and oxygen atoms in total. The number of hydrazone groups is 1. The highest BCUT2D eigenvalue weighted by Crippen LogP contribution is 2.29. The van der Waals surface area contributed by atoms with Crippen molar-refractivity contribution in [3.63, 3.8) is 0 Å². The first-order valence-electron chi connectivity index (χ1n) is 11.8. The summed E-state index contributed by atoms with van der Waals surface area (Å²) in [5, 5.41) is 4.04. The van der Waals surface area contributed by atoms with Crippen molar-refractivity contribution in [1.82, 2.24) is 5.43 Å². The molecule has 0 atom stereocenters. The molecule has 1 N–H and O–H groups in total. The SMILES string of the molecule is CCOc1cc(/C=N/NC(=O)c2ccc(OCc3ccccc3)cc2)ccc1OC(=O)c1ccccc1. The molecule has 0 spiro atoms. The Morgan fingerprint density at radius 1 is 0.784 bits per heavy atom. The topological polar surface area (TPSA) is 86.2 Å². The van der Waals surface area contributed by atoms with Crippen LogP contribution in [0.4, 0.5) is 0 Å². The van der Waals surface area contributed by atoms with Crippen molar-refractivity contribution < 1.29 is 23.8 Å². The van der Waals surface area contributed by atoms with Gasteiger partial charge in [-0.2, -0.15) is 5.10 Å². The Morgan fingerprint density at radius 3 is 2.19 bits per heavy atom. The summed E-state index contributed by atoms with van der Waals surface area (Å²) in [6.45, 7) is 2.67. The number of benzene rings is 4. The van der Waals surface area contributed by atoms with E-state index >= 15 is 0 Å². The average Bonchev–Trinajstić information content (AvgIpc) is 2.94. The third kappa shape index (κ3) is 7.29. The van der Waals surface area contributed by atoms with Gasteiger partial charge < -0.3 is 14.2 Å². The molecule has 0 saturated heterocycles. The predicted octanol–water partition coefficient (Wildman–Crippen LogP) is 5.65. The van der Waals surface area contributed by atoms with Gasteiger partial charge in [-0.25, -0.2) is 10.2 Å². The second kappa shape index (κ2) is 12.7. The highest BCUT2D eigenvalue weighted by Gasteiger charge is 2.13. The third-order valence-corrected chi connectivity index (χ3v) is 5.22. The van der Waals surface area contributed by atoms with Crippen molar-refractivity contribution in [3.8, 4) is 17.2 Å². The van der Waals surface area contributed by atoms with Gasteiger partial charge in [0.25, 0.3) is 5.91 Å². The fraction of sp³-hybridized carbons (Fsp3) is 0.100. The van der Waals surface area contributed by atoms with E-state index < -0.39 is 5.97 Å². The Morgan fingerprint density at radius 2 is 1.49 bits per heavy atom. The molecule has 0 aromatic heterocycles. The summed E-state index contributed by atoms with van der Waals surface area (Å²) in [5.74, 6) is 0.524. The minimum absolute atomic E-state index is 0.298. The van der Waals surface area contributed by atoms with E-state index in [0.29, 0.717) is 47.2 Å². The van der Waals surface area contributed by atoms with E-state index in [4.69, 9.17) is 14.2 Å². The van der Waals surface area contributed by atoms with E-state index in [1.54, 1.807) is 66.7 Å². The van der Waals surface area contributed by atoms with Gasteiger partial charge >= 0.3 is 5.97 Å². The first kappa shape index (κ1) is 25.2. The van der Waals surface area contributed by atoms with Crippen LogP contribution >= 0.6 is 0 Å². The van der Waals surface area contributed by atoms with Crippen LogP contribution < -0.4 is 19.6 Å². The summed E-state index contributed by atoms with van der Waals surface area (Å²) < 4.78 is 16.9. The average molecular weight is 495 g/mol. The second-order valence-corrected chi connectivity index (χ2v) is 7.89. The number of ether oxygens (including phenoxy) is 3. The quantitative estimate of drug-likeness (QED) is 0.133. The Kier molecular flexibility index (Phi) is 8.64. The summed E-state index contributed by atoms with van der Waals surface area (Å²) in [6.07, 6.45) is 1.49. The lowest BCUT2D eigenvalue weighted by Gasteiger charge is -2.11. The molecule has 37 heavy (non-hydrogen) atoms. The van der Waals surface area contributed by atoms with Crippen molar-refractivity contribution in [3.05, 3.63) is 125 Å². The number of nitrogens with one attached hydrogen (secondary N) is 1. The number of rotatable bonds is 10. The molecule has 1 amide bonds. The molecule has 0 saturated carbocycles. The Hall–Kier alpha value is -4.91. The number of nitrogens with zero attached hydrogens (tertiary/aromatic N) is 1. The molecule has 0 unspecified atom stereocenters. The molecular weight excluding hydrogens is 468 g/mol. The summed E-state index contributed by atoms with van der Waals surface area (Å²) in [7, 11) is 0. The Bertz CT molecular complexity index is 1350. The van der Waals surface area contributed by atoms with Crippen LogP contribution in [0.15, 0.2) is 108 Å². The maximum atomic E-state index is 12.5. The molecule has 0 aliphatic carbocycles. The minimum Gasteiger partial charge on any atom is -0.490 e. The fourth-order valence-corrected chi connectivity index (χ4v) is 3.36. The van der Waals surface area contributed by atoms with E-state index in [2.05, 4.69) is 10.5 Å². The number of esters is 1. The van der Waals surface area contributed by atoms with Gasteiger partial charge in [0.2, 0.25) is 0 Å². The standard InChI is InChI=1S/C30H26N2O5/c1-2-35-28-19-23(13-18-27(28)37-30(34)25-11-7-4-8-12-25)20-31-32-29(33)24-14-16-26(17-15-24)36-21-22-9-5-3-6-10-22/h3-20H,2,21H2,1H3,(H,32,33)/b31-20+. The summed E-state index contributed by atoms with van der Waals surface area (Å²) in [5.41, 5.74) is 5.12. The zero-order valence-corrected chi connectivity index (χ0v) is 20.3. The predicted molar refractivity (Wildman–Crippen MR) is 141 cm³/mol. The van der Waals surface area contributed by atoms with Crippen LogP contribution in [0, 0.1) is 0 Å². The van der Waals surface area contributed by atoms with Crippen LogP contribution in [0.5, 0.6) is 17.2 Å². The molecule has 0 fully saturated rings. The number of amides is 1. The fourth-order valence-electron chi connectivity index (χ4n) is 3.36. The van der Waals surface area contributed by atoms with Gasteiger partial charge in [-0.3, -0.25) is 4.79 Å². The van der Waals surface area contributed by atoms with Gasteiger partial charge in [-0.1, -0.05) is 48.5 Å². The third-order valence-electron chi connectivity index (χ3n) is 5.22. The van der Waals surface area contributed by atoms with Crippen molar-refractivity contribution in [1.29, 1.82) is 0 Å². The lowest BCUT2D eigenvalue weighted by atomic mass is 10.2. The van der Waals surface area contributed by atoms with Crippen molar-refractivity contribution >= 4 is 18.1 Å². The van der Waals surface area contributed by atoms with Crippen LogP contribution in [0.2, 0.25) is 0 Å². The molecule has 0 aliphatic heterocycles. The smallest absolute Gasteiger partial charge is 0.343 e. The van der Waals surface area contributed by atoms with Crippen LogP contribution in [-0.4, -0.2) is 24.7 Å². The minimum atomic E-state index is -0.480. The first-order valence-corrected chi connectivity index (χ1v) is 11.8. The zero-order valence-electron chi connectivity index (χ0n) is 20.3. The zero-order chi connectivity index (χ0) is 25.9. The molecule has 0 aliphatic rings. The molecule has 186 valence electrons. The molecule has 4 rings (SSSR count). The van der Waals surface area contributed by atoms with E-state index in [1.165, 1.54) is 6.21 Å². The van der Waals surface area contributed by atoms with Gasteiger partial charge in [0.05, 0.1) is 18.4 Å². The maximum Gasteiger partial charge on any atom is 0.343 e. The van der Waals surface area contributed by atoms with E-state index in [9.17, 15) is 9.59 Å². The summed E-state index contributed by atoms with van der Waals surface area (Å²) >= 11 is 0. The lowest BCUT2D eigenvalue weighted by molar-refractivity contribution is 0.0728. The number of carbonyl (C=O) groups is 2. The summed E-state index contributed by atoms with van der Waals surface area (Å²) in [6, 6.07) is 30.4. The largest absolute Gasteiger partial charge is 0.490 e. The van der Waals surface area contributed by atoms with Gasteiger partial charge in [0.15, 0.2) is 11.5 Å². The number of carbonyl (C=O) groups excluding carboxylic acids is 2. The van der Waals surface area contributed by atoms with Gasteiger partial charge in [-0.15, -0.1) is 0 Å². The van der Waals surface area contributed by atoms with Crippen molar-refractivity contribution in [2.45, 2.75) is 13.5 Å². The molecule has 4 aromatic rings. The van der Waals surface area contributed by atoms with Crippen LogP contribution in [0.1, 0.15) is 38.8 Å². The van der Waals surface area contributed by atoms with Crippen LogP contribution in [-0.2, 0) is 6.61 Å². The van der Waals surface area contributed by atoms with Gasteiger partial charge in [0.1, 0.15) is 12.4 Å². The first-order chi connectivity index (χ1) is 18.1. The number of hydrogen-bond donors (Lipinski definition) is 1. The van der Waals surface area contributed by atoms with Crippen molar-refractivity contribution in [2.75, 3.05) is 6.61 Å². The lowest BCUT2D eigenvalue weighted by Crippen LogP contribution is -2.17. The number of hydrogen-bond acceptors (Lipinski definition) is 6. The molecular formula is C30H26N2O5. The Balaban J connectivity index is 1.34. The van der Waals surface area contributed by atoms with Crippen LogP contribution in [0.3, 0.4) is 0 Å². The highest BCUT2D eigenvalue weighted by atomic mass is 16.6. The van der Waals surface area contributed by atoms with E-state index in [0.717, 1.165) is 5.56 Å². The molecule has 7 heteroatoms. The highest BCUT2D eigenvalue weighted by molar-refractivity contribution is 5.95. The second-order valence-electron chi connectivity index (χ2n) is 7.89. The maximum absolute atomic E-state index is 12.5. The normalized spacial score (nSPS) is 10.6. The summed E-state index contributed by atoms with van der Waals surface area (Å²) in [4.78, 5) is 24.9. The van der Waals surface area contributed by atoms with Gasteiger partial charge in [0, 0.05) is 5.56 Å². The molecule has 0 bridgehead atoms. The molecule has 0 heterocycles. The van der Waals surface area contributed by atoms with Gasteiger partial charge in [-0.05, 0) is 72.6 Å². The van der Waals surface area contributed by atoms with Crippen LogP contribution in [0.25, 0.3) is 0 Å². The van der Waals surface area contributed by atoms with E-state index in [1.807, 2.05) is 43.3 Å².